The quantitative estimate of drug-likeness (QED) is 0.806. The number of halogens is 1. The summed E-state index contributed by atoms with van der Waals surface area (Å²) in [5.74, 6) is 0.685. The van der Waals surface area contributed by atoms with Crippen LogP contribution in [-0.2, 0) is 0 Å². The number of rotatable bonds is 3. The van der Waals surface area contributed by atoms with Crippen molar-refractivity contribution in [2.24, 2.45) is 0 Å². The van der Waals surface area contributed by atoms with Gasteiger partial charge in [0.25, 0.3) is 0 Å². The van der Waals surface area contributed by atoms with Crippen molar-refractivity contribution in [3.05, 3.63) is 35.5 Å². The monoisotopic (exact) mass is 236 g/mol. The predicted octanol–water partition coefficient (Wildman–Crippen LogP) is 2.68. The maximum atomic E-state index is 8.96. The number of fused-ring (bicyclic) bond motifs is 1. The van der Waals surface area contributed by atoms with Gasteiger partial charge in [0.15, 0.2) is 0 Å². The van der Waals surface area contributed by atoms with E-state index in [-0.39, 0.29) is 12.6 Å². The molecule has 0 fully saturated rings. The molecule has 0 saturated heterocycles. The minimum absolute atomic E-state index is 0.0373. The van der Waals surface area contributed by atoms with E-state index in [2.05, 4.69) is 10.3 Å². The summed E-state index contributed by atoms with van der Waals surface area (Å²) in [5.41, 5.74) is 0. The molecule has 0 aliphatic heterocycles. The highest BCUT2D eigenvalue weighted by atomic mass is 35.5. The molecule has 1 aromatic carbocycles. The SMILES string of the molecule is C[C@H](CO)Nc1cc2ccccc2c(Cl)n1. The van der Waals surface area contributed by atoms with E-state index in [4.69, 9.17) is 16.7 Å². The topological polar surface area (TPSA) is 45.1 Å². The van der Waals surface area contributed by atoms with Crippen LogP contribution in [0.2, 0.25) is 5.15 Å². The van der Waals surface area contributed by atoms with E-state index in [1.54, 1.807) is 0 Å². The summed E-state index contributed by atoms with van der Waals surface area (Å²) >= 11 is 6.08. The molecular weight excluding hydrogens is 224 g/mol. The molecule has 1 heterocycles. The molecule has 0 saturated carbocycles. The average molecular weight is 237 g/mol. The number of nitrogens with one attached hydrogen (secondary N) is 1. The van der Waals surface area contributed by atoms with Gasteiger partial charge in [-0.15, -0.1) is 0 Å². The van der Waals surface area contributed by atoms with Crippen molar-refractivity contribution in [2.45, 2.75) is 13.0 Å². The van der Waals surface area contributed by atoms with Crippen LogP contribution in [0.25, 0.3) is 10.8 Å². The Morgan fingerprint density at radius 2 is 2.19 bits per heavy atom. The fraction of sp³-hybridized carbons (Fsp3) is 0.250. The van der Waals surface area contributed by atoms with E-state index < -0.39 is 0 Å². The summed E-state index contributed by atoms with van der Waals surface area (Å²) in [6.45, 7) is 1.94. The van der Waals surface area contributed by atoms with E-state index in [1.807, 2.05) is 37.3 Å². The number of hydrogen-bond acceptors (Lipinski definition) is 3. The lowest BCUT2D eigenvalue weighted by Crippen LogP contribution is -2.19. The number of aliphatic hydroxyl groups is 1. The van der Waals surface area contributed by atoms with Crippen molar-refractivity contribution in [3.8, 4) is 0 Å². The van der Waals surface area contributed by atoms with Crippen molar-refractivity contribution in [2.75, 3.05) is 11.9 Å². The zero-order chi connectivity index (χ0) is 11.5. The largest absolute Gasteiger partial charge is 0.394 e. The Balaban J connectivity index is 2.41. The number of aromatic nitrogens is 1. The lowest BCUT2D eigenvalue weighted by atomic mass is 10.2. The molecule has 0 spiro atoms. The number of hydrogen-bond donors (Lipinski definition) is 2. The first kappa shape index (κ1) is 11.2. The lowest BCUT2D eigenvalue weighted by molar-refractivity contribution is 0.281. The van der Waals surface area contributed by atoms with Crippen LogP contribution in [0.5, 0.6) is 0 Å². The first-order valence-corrected chi connectivity index (χ1v) is 5.51. The van der Waals surface area contributed by atoms with Crippen molar-refractivity contribution in [1.29, 1.82) is 0 Å². The van der Waals surface area contributed by atoms with Gasteiger partial charge in [0, 0.05) is 11.4 Å². The van der Waals surface area contributed by atoms with E-state index >= 15 is 0 Å². The smallest absolute Gasteiger partial charge is 0.139 e. The van der Waals surface area contributed by atoms with Crippen LogP contribution in [0.1, 0.15) is 6.92 Å². The molecule has 4 heteroatoms. The van der Waals surface area contributed by atoms with Gasteiger partial charge < -0.3 is 10.4 Å². The fourth-order valence-electron chi connectivity index (χ4n) is 1.53. The first-order valence-electron chi connectivity index (χ1n) is 5.13. The second-order valence-electron chi connectivity index (χ2n) is 3.75. The summed E-state index contributed by atoms with van der Waals surface area (Å²) < 4.78 is 0. The van der Waals surface area contributed by atoms with E-state index in [1.165, 1.54) is 0 Å². The lowest BCUT2D eigenvalue weighted by Gasteiger charge is -2.12. The van der Waals surface area contributed by atoms with Crippen molar-refractivity contribution in [1.82, 2.24) is 4.98 Å². The molecule has 2 aromatic rings. The minimum atomic E-state index is -0.0373. The van der Waals surface area contributed by atoms with E-state index in [0.29, 0.717) is 11.0 Å². The van der Waals surface area contributed by atoms with Gasteiger partial charge in [-0.2, -0.15) is 0 Å². The van der Waals surface area contributed by atoms with Crippen molar-refractivity contribution >= 4 is 28.2 Å². The normalized spacial score (nSPS) is 12.7. The van der Waals surface area contributed by atoms with Crippen LogP contribution in [0.3, 0.4) is 0 Å². The van der Waals surface area contributed by atoms with E-state index in [0.717, 1.165) is 10.8 Å². The van der Waals surface area contributed by atoms with Gasteiger partial charge in [-0.1, -0.05) is 35.9 Å². The van der Waals surface area contributed by atoms with Gasteiger partial charge in [0.1, 0.15) is 11.0 Å². The highest BCUT2D eigenvalue weighted by Crippen LogP contribution is 2.24. The summed E-state index contributed by atoms with van der Waals surface area (Å²) in [6, 6.07) is 9.69. The summed E-state index contributed by atoms with van der Waals surface area (Å²) in [7, 11) is 0. The third kappa shape index (κ3) is 2.26. The van der Waals surface area contributed by atoms with Gasteiger partial charge in [-0.25, -0.2) is 4.98 Å². The number of benzene rings is 1. The number of nitrogens with zero attached hydrogens (tertiary/aromatic N) is 1. The summed E-state index contributed by atoms with van der Waals surface area (Å²) in [4.78, 5) is 4.23. The molecule has 3 nitrogen and oxygen atoms in total. The van der Waals surface area contributed by atoms with Crippen LogP contribution in [-0.4, -0.2) is 22.7 Å². The zero-order valence-corrected chi connectivity index (χ0v) is 9.70. The molecule has 16 heavy (non-hydrogen) atoms. The highest BCUT2D eigenvalue weighted by molar-refractivity contribution is 6.34. The van der Waals surface area contributed by atoms with Gasteiger partial charge in [-0.3, -0.25) is 0 Å². The summed E-state index contributed by atoms with van der Waals surface area (Å²) in [6.07, 6.45) is 0. The summed E-state index contributed by atoms with van der Waals surface area (Å²) in [5, 5.41) is 14.5. The molecule has 1 atom stereocenters. The van der Waals surface area contributed by atoms with Gasteiger partial charge in [-0.05, 0) is 18.4 Å². The maximum absolute atomic E-state index is 8.96. The Morgan fingerprint density at radius 1 is 1.44 bits per heavy atom. The van der Waals surface area contributed by atoms with Gasteiger partial charge >= 0.3 is 0 Å². The Kier molecular flexibility index (Phi) is 3.27. The third-order valence-electron chi connectivity index (χ3n) is 2.36. The number of aliphatic hydroxyl groups excluding tert-OH is 1. The molecule has 0 aliphatic carbocycles. The Labute approximate surface area is 99.1 Å². The third-order valence-corrected chi connectivity index (χ3v) is 2.65. The molecule has 0 aliphatic rings. The van der Waals surface area contributed by atoms with E-state index in [9.17, 15) is 0 Å². The zero-order valence-electron chi connectivity index (χ0n) is 8.94. The Bertz CT molecular complexity index is 501. The second-order valence-corrected chi connectivity index (χ2v) is 4.11. The van der Waals surface area contributed by atoms with Gasteiger partial charge in [0.05, 0.1) is 6.61 Å². The first-order chi connectivity index (χ1) is 7.70. The highest BCUT2D eigenvalue weighted by Gasteiger charge is 2.05. The Hall–Kier alpha value is -1.32. The maximum Gasteiger partial charge on any atom is 0.139 e. The molecule has 1 aromatic heterocycles. The Morgan fingerprint density at radius 3 is 2.94 bits per heavy atom. The van der Waals surface area contributed by atoms with Gasteiger partial charge in [0.2, 0.25) is 0 Å². The molecule has 0 unspecified atom stereocenters. The predicted molar refractivity (Wildman–Crippen MR) is 66.9 cm³/mol. The molecule has 2 N–H and O–H groups in total. The molecule has 0 amide bonds. The van der Waals surface area contributed by atoms with Crippen molar-refractivity contribution < 1.29 is 5.11 Å². The van der Waals surface area contributed by atoms with Crippen LogP contribution >= 0.6 is 11.6 Å². The van der Waals surface area contributed by atoms with Crippen molar-refractivity contribution in [3.63, 3.8) is 0 Å². The van der Waals surface area contributed by atoms with Crippen LogP contribution in [0, 0.1) is 0 Å². The minimum Gasteiger partial charge on any atom is -0.394 e. The van der Waals surface area contributed by atoms with Crippen LogP contribution in [0.15, 0.2) is 30.3 Å². The number of anilines is 1. The average Bonchev–Trinajstić information content (AvgIpc) is 2.29. The number of pyridine rings is 1. The van der Waals surface area contributed by atoms with Crippen LogP contribution < -0.4 is 5.32 Å². The second kappa shape index (κ2) is 4.68. The molecule has 0 radical (unpaired) electrons. The fourth-order valence-corrected chi connectivity index (χ4v) is 1.79. The molecule has 0 bridgehead atoms. The molecular formula is C12H13ClN2O. The van der Waals surface area contributed by atoms with Crippen LogP contribution in [0.4, 0.5) is 5.82 Å². The standard InChI is InChI=1S/C12H13ClN2O/c1-8(7-16)14-11-6-9-4-2-3-5-10(9)12(13)15-11/h2-6,8,16H,7H2,1H3,(H,14,15)/t8-/m1/s1. The molecule has 84 valence electrons. The molecule has 2 rings (SSSR count).